The monoisotopic (exact) mass is 650 g/mol. The first-order valence-corrected chi connectivity index (χ1v) is 14.5. The molecule has 0 heterocycles. The Bertz CT molecular complexity index is 1250. The largest absolute Gasteiger partial charge is 0.497 e. The van der Waals surface area contributed by atoms with E-state index in [1.54, 1.807) is 26.0 Å². The van der Waals surface area contributed by atoms with E-state index in [0.717, 1.165) is 12.5 Å². The maximum absolute atomic E-state index is 13.3. The zero-order valence-electron chi connectivity index (χ0n) is 26.2. The number of carbonyl (C=O) groups excluding carboxylic acids is 5. The Morgan fingerprint density at radius 1 is 0.696 bits per heavy atom. The highest BCUT2D eigenvalue weighted by atomic mass is 16.5. The van der Waals surface area contributed by atoms with Gasteiger partial charge >= 0.3 is 17.9 Å². The molecule has 16 nitrogen and oxygen atoms in total. The number of carboxylic acid groups (broad SMARTS) is 3. The minimum absolute atomic E-state index is 0.0436. The molecule has 46 heavy (non-hydrogen) atoms. The number of hydrogen-bond acceptors (Lipinski definition) is 9. The molecule has 4 amide bonds. The number of aryl methyl sites for hydroxylation is 1. The van der Waals surface area contributed by atoms with Gasteiger partial charge in [-0.2, -0.15) is 0 Å². The Hall–Kier alpha value is -5.02. The molecule has 0 unspecified atom stereocenters. The molecule has 1 rings (SSSR count). The number of nitrogens with one attached hydrogen (secondary N) is 4. The molecule has 7 N–H and O–H groups in total. The number of ether oxygens (including phenoxy) is 1. The van der Waals surface area contributed by atoms with E-state index in [9.17, 15) is 43.5 Å². The van der Waals surface area contributed by atoms with Crippen molar-refractivity contribution in [3.05, 3.63) is 29.8 Å². The van der Waals surface area contributed by atoms with Crippen LogP contribution in [0.25, 0.3) is 0 Å². The van der Waals surface area contributed by atoms with E-state index in [-0.39, 0.29) is 6.42 Å². The van der Waals surface area contributed by atoms with Gasteiger partial charge in [-0.15, -0.1) is 0 Å². The zero-order chi connectivity index (χ0) is 35.0. The molecule has 0 saturated carbocycles. The summed E-state index contributed by atoms with van der Waals surface area (Å²) in [5.74, 6) is -8.25. The first kappa shape index (κ1) is 39.0. The van der Waals surface area contributed by atoms with Crippen LogP contribution in [0.2, 0.25) is 0 Å². The number of aliphatic carboxylic acids is 3. The highest BCUT2D eigenvalue weighted by Crippen LogP contribution is 2.14. The van der Waals surface area contributed by atoms with E-state index >= 15 is 0 Å². The lowest BCUT2D eigenvalue weighted by molar-refractivity contribution is -0.142. The molecule has 254 valence electrons. The summed E-state index contributed by atoms with van der Waals surface area (Å²) >= 11 is 0. The lowest BCUT2D eigenvalue weighted by Gasteiger charge is -2.27. The van der Waals surface area contributed by atoms with Crippen LogP contribution < -0.4 is 26.0 Å². The molecule has 0 aliphatic carbocycles. The number of methoxy groups -OCH3 is 1. The van der Waals surface area contributed by atoms with Gasteiger partial charge in [-0.05, 0) is 42.9 Å². The second kappa shape index (κ2) is 19.4. The molecule has 4 atom stereocenters. The van der Waals surface area contributed by atoms with Gasteiger partial charge in [-0.25, -0.2) is 0 Å². The fourth-order valence-electron chi connectivity index (χ4n) is 4.34. The van der Waals surface area contributed by atoms with Crippen molar-refractivity contribution in [2.45, 2.75) is 89.9 Å². The average Bonchev–Trinajstić information content (AvgIpc) is 2.96. The fraction of sp³-hybridized carbons (Fsp3) is 0.533. The fourth-order valence-corrected chi connectivity index (χ4v) is 4.34. The van der Waals surface area contributed by atoms with Crippen LogP contribution in [0.5, 0.6) is 5.75 Å². The molecule has 0 spiro atoms. The van der Waals surface area contributed by atoms with Crippen LogP contribution in [0.3, 0.4) is 0 Å². The number of rotatable bonds is 21. The minimum atomic E-state index is -1.58. The van der Waals surface area contributed by atoms with Crippen molar-refractivity contribution in [2.24, 2.45) is 5.92 Å². The standard InChI is InChI=1S/C30H42N4O12/c1-16(2)27(34-28(43)20(12-13-24(37)38)32-29(44)22(15-26(41)42)31-17(3)35)30(45)33-21(14-25(39)40)23(36)7-5-6-18-8-10-19(46-4)11-9-18/h8-11,16,20-22,27H,5-7,12-15H2,1-4H3,(H,31,35)(H,32,44)(H,33,45)(H,34,43)(H,37,38)(H,39,40)(H,41,42)/t20-,21-,22-,27-/m0/s1. The van der Waals surface area contributed by atoms with Crippen molar-refractivity contribution in [2.75, 3.05) is 7.11 Å². The predicted molar refractivity (Wildman–Crippen MR) is 161 cm³/mol. The molecule has 0 aliphatic rings. The molecule has 0 aromatic heterocycles. The third-order valence-electron chi connectivity index (χ3n) is 6.73. The van der Waals surface area contributed by atoms with Crippen LogP contribution in [0, 0.1) is 5.92 Å². The molecule has 0 aliphatic heterocycles. The second-order valence-electron chi connectivity index (χ2n) is 10.9. The van der Waals surface area contributed by atoms with E-state index in [0.29, 0.717) is 18.6 Å². The zero-order valence-corrected chi connectivity index (χ0v) is 26.2. The molecular weight excluding hydrogens is 608 g/mol. The number of hydrogen-bond donors (Lipinski definition) is 7. The summed E-state index contributed by atoms with van der Waals surface area (Å²) in [5.41, 5.74) is 0.922. The van der Waals surface area contributed by atoms with Crippen LogP contribution in [-0.2, 0) is 44.8 Å². The maximum atomic E-state index is 13.3. The molecule has 0 fully saturated rings. The second-order valence-corrected chi connectivity index (χ2v) is 10.9. The Morgan fingerprint density at radius 3 is 1.74 bits per heavy atom. The third-order valence-corrected chi connectivity index (χ3v) is 6.73. The van der Waals surface area contributed by atoms with Gasteiger partial charge in [0.25, 0.3) is 0 Å². The van der Waals surface area contributed by atoms with Crippen LogP contribution >= 0.6 is 0 Å². The Morgan fingerprint density at radius 2 is 1.24 bits per heavy atom. The summed E-state index contributed by atoms with van der Waals surface area (Å²) in [6.07, 6.45) is -1.75. The summed E-state index contributed by atoms with van der Waals surface area (Å²) in [6.45, 7) is 4.15. The van der Waals surface area contributed by atoms with Crippen LogP contribution in [0.15, 0.2) is 24.3 Å². The molecule has 1 aromatic carbocycles. The number of carboxylic acids is 3. The Kier molecular flexibility index (Phi) is 16.4. The van der Waals surface area contributed by atoms with E-state index < -0.39 is 103 Å². The van der Waals surface area contributed by atoms with Gasteiger partial charge in [0.1, 0.15) is 23.9 Å². The molecule has 0 bridgehead atoms. The van der Waals surface area contributed by atoms with Crippen LogP contribution in [0.4, 0.5) is 0 Å². The Balaban J connectivity index is 3.04. The first-order chi connectivity index (χ1) is 21.5. The lowest BCUT2D eigenvalue weighted by atomic mass is 9.98. The Labute approximate surface area is 265 Å². The van der Waals surface area contributed by atoms with Gasteiger partial charge in [0.2, 0.25) is 23.6 Å². The summed E-state index contributed by atoms with van der Waals surface area (Å²) < 4.78 is 5.11. The van der Waals surface area contributed by atoms with E-state index in [2.05, 4.69) is 21.3 Å². The van der Waals surface area contributed by atoms with Crippen molar-refractivity contribution < 1.29 is 58.4 Å². The van der Waals surface area contributed by atoms with Gasteiger partial charge in [-0.1, -0.05) is 26.0 Å². The molecule has 1 aromatic rings. The number of ketones is 1. The van der Waals surface area contributed by atoms with Crippen molar-refractivity contribution in [3.8, 4) is 5.75 Å². The highest BCUT2D eigenvalue weighted by molar-refractivity contribution is 5.97. The van der Waals surface area contributed by atoms with Crippen molar-refractivity contribution >= 4 is 47.3 Å². The molecule has 16 heteroatoms. The van der Waals surface area contributed by atoms with E-state index in [4.69, 9.17) is 14.9 Å². The maximum Gasteiger partial charge on any atom is 0.305 e. The number of benzene rings is 1. The number of Topliss-reactive ketones (excluding diaryl/α,β-unsaturated/α-hetero) is 1. The average molecular weight is 651 g/mol. The van der Waals surface area contributed by atoms with Gasteiger partial charge in [-0.3, -0.25) is 38.4 Å². The molecule has 0 saturated heterocycles. The summed E-state index contributed by atoms with van der Waals surface area (Å²) in [4.78, 5) is 97.5. The SMILES string of the molecule is COc1ccc(CCCC(=O)[C@H](CC(=O)O)NC(=O)[C@@H](NC(=O)[C@H](CCC(=O)O)NC(=O)[C@H](CC(=O)O)NC(C)=O)C(C)C)cc1. The van der Waals surface area contributed by atoms with Crippen molar-refractivity contribution in [1.82, 2.24) is 21.3 Å². The van der Waals surface area contributed by atoms with Gasteiger partial charge in [0.15, 0.2) is 5.78 Å². The quantitative estimate of drug-likeness (QED) is 0.0929. The van der Waals surface area contributed by atoms with Gasteiger partial charge in [0.05, 0.1) is 26.0 Å². The topological polar surface area (TPSA) is 255 Å². The van der Waals surface area contributed by atoms with Crippen molar-refractivity contribution in [1.29, 1.82) is 0 Å². The van der Waals surface area contributed by atoms with E-state index in [1.165, 1.54) is 7.11 Å². The minimum Gasteiger partial charge on any atom is -0.497 e. The number of amides is 4. The van der Waals surface area contributed by atoms with Crippen LogP contribution in [0.1, 0.15) is 64.9 Å². The highest BCUT2D eigenvalue weighted by Gasteiger charge is 2.33. The summed E-state index contributed by atoms with van der Waals surface area (Å²) in [6, 6.07) is 1.30. The van der Waals surface area contributed by atoms with E-state index in [1.807, 2.05) is 12.1 Å². The lowest BCUT2D eigenvalue weighted by Crippen LogP contribution is -2.59. The molecular formula is C30H42N4O12. The van der Waals surface area contributed by atoms with Gasteiger partial charge < -0.3 is 41.3 Å². The smallest absolute Gasteiger partial charge is 0.305 e. The summed E-state index contributed by atoms with van der Waals surface area (Å²) in [5, 5.41) is 36.8. The first-order valence-electron chi connectivity index (χ1n) is 14.5. The van der Waals surface area contributed by atoms with Gasteiger partial charge in [0, 0.05) is 19.8 Å². The normalized spacial score (nSPS) is 13.3. The summed E-state index contributed by atoms with van der Waals surface area (Å²) in [7, 11) is 1.53. The van der Waals surface area contributed by atoms with Crippen LogP contribution in [-0.4, -0.2) is 93.9 Å². The number of carbonyl (C=O) groups is 8. The van der Waals surface area contributed by atoms with Crippen molar-refractivity contribution in [3.63, 3.8) is 0 Å². The molecule has 0 radical (unpaired) electrons. The third kappa shape index (κ3) is 14.6. The predicted octanol–water partition coefficient (Wildman–Crippen LogP) is 0.0163.